The predicted octanol–water partition coefficient (Wildman–Crippen LogP) is -1.71. The Labute approximate surface area is 69.1 Å². The molecule has 0 aliphatic rings. The highest BCUT2D eigenvalue weighted by Crippen LogP contribution is 1.88. The minimum atomic E-state index is -0.830. The van der Waals surface area contributed by atoms with Gasteiger partial charge in [-0.2, -0.15) is 5.26 Å². The first-order chi connectivity index (χ1) is 5.61. The van der Waals surface area contributed by atoms with E-state index < -0.39 is 24.3 Å². The molecule has 0 bridgehead atoms. The van der Waals surface area contributed by atoms with Gasteiger partial charge in [0, 0.05) is 0 Å². The number of hydrogen-bond acceptors (Lipinski definition) is 4. The summed E-state index contributed by atoms with van der Waals surface area (Å²) < 4.78 is 0. The van der Waals surface area contributed by atoms with E-state index in [0.29, 0.717) is 0 Å². The number of aliphatic hydroxyl groups excluding tert-OH is 1. The molecule has 1 unspecified atom stereocenters. The molecule has 0 rings (SSSR count). The Morgan fingerprint density at radius 3 is 2.58 bits per heavy atom. The van der Waals surface area contributed by atoms with Crippen molar-refractivity contribution in [3.8, 4) is 6.07 Å². The van der Waals surface area contributed by atoms with E-state index in [1.165, 1.54) is 6.92 Å². The van der Waals surface area contributed by atoms with E-state index in [-0.39, 0.29) is 0 Å². The number of rotatable bonds is 2. The highest BCUT2D eigenvalue weighted by atomic mass is 16.3. The monoisotopic (exact) mass is 171 g/mol. The Bertz CT molecular complexity index is 221. The van der Waals surface area contributed by atoms with Crippen LogP contribution in [0.2, 0.25) is 0 Å². The van der Waals surface area contributed by atoms with Crippen LogP contribution in [0, 0.1) is 17.2 Å². The second-order valence-electron chi connectivity index (χ2n) is 2.05. The number of nitrogens with one attached hydrogen (secondary N) is 2. The third-order valence-electron chi connectivity index (χ3n) is 1.06. The SMILES string of the molecule is CC(C#N)C(=O)NNC(=O)CO. The Hall–Kier alpha value is -1.61. The molecule has 3 N–H and O–H groups in total. The molecule has 0 aromatic heterocycles. The van der Waals surface area contributed by atoms with Crippen molar-refractivity contribution in [2.75, 3.05) is 6.61 Å². The van der Waals surface area contributed by atoms with Crippen molar-refractivity contribution in [1.82, 2.24) is 10.9 Å². The van der Waals surface area contributed by atoms with E-state index in [2.05, 4.69) is 0 Å². The van der Waals surface area contributed by atoms with Gasteiger partial charge < -0.3 is 5.11 Å². The largest absolute Gasteiger partial charge is 0.386 e. The summed E-state index contributed by atoms with van der Waals surface area (Å²) >= 11 is 0. The smallest absolute Gasteiger partial charge is 0.264 e. The molecule has 66 valence electrons. The molecule has 0 aromatic carbocycles. The molecular weight excluding hydrogens is 162 g/mol. The summed E-state index contributed by atoms with van der Waals surface area (Å²) in [5, 5.41) is 16.5. The molecule has 6 heteroatoms. The van der Waals surface area contributed by atoms with E-state index in [9.17, 15) is 9.59 Å². The molecule has 0 spiro atoms. The molecule has 0 saturated carbocycles. The van der Waals surface area contributed by atoms with Gasteiger partial charge in [0.1, 0.15) is 12.5 Å². The zero-order valence-electron chi connectivity index (χ0n) is 6.50. The molecule has 0 aromatic rings. The van der Waals surface area contributed by atoms with Gasteiger partial charge in [-0.05, 0) is 6.92 Å². The maximum Gasteiger partial charge on any atom is 0.264 e. The van der Waals surface area contributed by atoms with Crippen LogP contribution in [-0.4, -0.2) is 23.5 Å². The number of carbonyl (C=O) groups is 2. The molecule has 0 aliphatic carbocycles. The summed E-state index contributed by atoms with van der Waals surface area (Å²) in [6.07, 6.45) is 0. The van der Waals surface area contributed by atoms with E-state index in [1.54, 1.807) is 6.07 Å². The summed E-state index contributed by atoms with van der Waals surface area (Å²) in [6, 6.07) is 1.68. The molecule has 0 aliphatic heterocycles. The average molecular weight is 171 g/mol. The topological polar surface area (TPSA) is 102 Å². The zero-order chi connectivity index (χ0) is 9.56. The number of carbonyl (C=O) groups excluding carboxylic acids is 2. The Kier molecular flexibility index (Phi) is 4.41. The Balaban J connectivity index is 3.73. The third kappa shape index (κ3) is 3.53. The van der Waals surface area contributed by atoms with Gasteiger partial charge in [0.2, 0.25) is 0 Å². The lowest BCUT2D eigenvalue weighted by Crippen LogP contribution is -2.44. The van der Waals surface area contributed by atoms with Gasteiger partial charge in [0.05, 0.1) is 6.07 Å². The lowest BCUT2D eigenvalue weighted by molar-refractivity contribution is -0.131. The molecule has 2 amide bonds. The fourth-order valence-corrected chi connectivity index (χ4v) is 0.338. The molecule has 1 atom stereocenters. The standard InChI is InChI=1S/C6H9N3O3/c1-4(2-7)6(12)9-8-5(11)3-10/h4,10H,3H2,1H3,(H,8,11)(H,9,12). The first-order valence-electron chi connectivity index (χ1n) is 3.21. The van der Waals surface area contributed by atoms with Crippen LogP contribution in [0.1, 0.15) is 6.92 Å². The molecule has 6 nitrogen and oxygen atoms in total. The van der Waals surface area contributed by atoms with Crippen molar-refractivity contribution in [3.05, 3.63) is 0 Å². The quantitative estimate of drug-likeness (QED) is 0.430. The van der Waals surface area contributed by atoms with E-state index in [4.69, 9.17) is 10.4 Å². The predicted molar refractivity (Wildman–Crippen MR) is 38.1 cm³/mol. The highest BCUT2D eigenvalue weighted by Gasteiger charge is 2.11. The van der Waals surface area contributed by atoms with Crippen molar-refractivity contribution >= 4 is 11.8 Å². The maximum atomic E-state index is 10.8. The molecule has 0 heterocycles. The van der Waals surface area contributed by atoms with Gasteiger partial charge in [-0.15, -0.1) is 0 Å². The van der Waals surface area contributed by atoms with Crippen molar-refractivity contribution in [2.45, 2.75) is 6.92 Å². The number of nitriles is 1. The van der Waals surface area contributed by atoms with E-state index >= 15 is 0 Å². The minimum Gasteiger partial charge on any atom is -0.386 e. The van der Waals surface area contributed by atoms with Crippen molar-refractivity contribution < 1.29 is 14.7 Å². The van der Waals surface area contributed by atoms with E-state index in [0.717, 1.165) is 0 Å². The zero-order valence-corrected chi connectivity index (χ0v) is 6.50. The summed E-state index contributed by atoms with van der Waals surface area (Å²) in [7, 11) is 0. The normalized spacial score (nSPS) is 11.1. The number of hydrogen-bond donors (Lipinski definition) is 3. The van der Waals surface area contributed by atoms with Crippen LogP contribution in [-0.2, 0) is 9.59 Å². The summed E-state index contributed by atoms with van der Waals surface area (Å²) in [6.45, 7) is 0.682. The fraction of sp³-hybridized carbons (Fsp3) is 0.500. The van der Waals surface area contributed by atoms with Gasteiger partial charge in [-0.3, -0.25) is 20.4 Å². The van der Waals surface area contributed by atoms with Gasteiger partial charge in [0.15, 0.2) is 0 Å². The van der Waals surface area contributed by atoms with Gasteiger partial charge in [0.25, 0.3) is 11.8 Å². The van der Waals surface area contributed by atoms with Gasteiger partial charge in [-0.1, -0.05) is 0 Å². The van der Waals surface area contributed by atoms with Crippen LogP contribution in [0.25, 0.3) is 0 Å². The highest BCUT2D eigenvalue weighted by molar-refractivity contribution is 5.84. The number of amides is 2. The van der Waals surface area contributed by atoms with Crippen LogP contribution in [0.15, 0.2) is 0 Å². The first kappa shape index (κ1) is 10.4. The van der Waals surface area contributed by atoms with Gasteiger partial charge in [-0.25, -0.2) is 0 Å². The Morgan fingerprint density at radius 1 is 1.58 bits per heavy atom. The van der Waals surface area contributed by atoms with Crippen LogP contribution >= 0.6 is 0 Å². The lowest BCUT2D eigenvalue weighted by Gasteiger charge is -2.05. The maximum absolute atomic E-state index is 10.8. The van der Waals surface area contributed by atoms with Crippen molar-refractivity contribution in [3.63, 3.8) is 0 Å². The lowest BCUT2D eigenvalue weighted by atomic mass is 10.2. The number of nitrogens with zero attached hydrogens (tertiary/aromatic N) is 1. The fourth-order valence-electron chi connectivity index (χ4n) is 0.338. The molecule has 12 heavy (non-hydrogen) atoms. The summed E-state index contributed by atoms with van der Waals surface area (Å²) in [5.41, 5.74) is 3.87. The molecule has 0 radical (unpaired) electrons. The number of hydrazine groups is 1. The summed E-state index contributed by atoms with van der Waals surface area (Å²) in [5.74, 6) is -2.17. The number of aliphatic hydroxyl groups is 1. The van der Waals surface area contributed by atoms with Crippen LogP contribution in [0.5, 0.6) is 0 Å². The van der Waals surface area contributed by atoms with Crippen LogP contribution in [0.3, 0.4) is 0 Å². The molecule has 0 fully saturated rings. The van der Waals surface area contributed by atoms with Crippen LogP contribution < -0.4 is 10.9 Å². The van der Waals surface area contributed by atoms with E-state index in [1.807, 2.05) is 10.9 Å². The second-order valence-corrected chi connectivity index (χ2v) is 2.05. The van der Waals surface area contributed by atoms with Crippen molar-refractivity contribution in [1.29, 1.82) is 5.26 Å². The third-order valence-corrected chi connectivity index (χ3v) is 1.06. The average Bonchev–Trinajstić information content (AvgIpc) is 2.11. The first-order valence-corrected chi connectivity index (χ1v) is 3.21. The van der Waals surface area contributed by atoms with Crippen LogP contribution in [0.4, 0.5) is 0 Å². The summed E-state index contributed by atoms with van der Waals surface area (Å²) in [4.78, 5) is 21.1. The van der Waals surface area contributed by atoms with Gasteiger partial charge >= 0.3 is 0 Å². The molecule has 0 saturated heterocycles. The van der Waals surface area contributed by atoms with Crippen molar-refractivity contribution in [2.24, 2.45) is 5.92 Å². The second kappa shape index (κ2) is 5.09. The minimum absolute atomic E-state index is 0.612. The Morgan fingerprint density at radius 2 is 2.17 bits per heavy atom. The molecular formula is C6H9N3O3.